The number of primary amides is 1. The minimum atomic E-state index is -0.439. The zero-order valence-electron chi connectivity index (χ0n) is 8.33. The first-order valence-electron chi connectivity index (χ1n) is 4.87. The van der Waals surface area contributed by atoms with E-state index in [2.05, 4.69) is 6.92 Å². The summed E-state index contributed by atoms with van der Waals surface area (Å²) in [5.41, 5.74) is 5.11. The number of urea groups is 1. The van der Waals surface area contributed by atoms with Gasteiger partial charge >= 0.3 is 6.03 Å². The van der Waals surface area contributed by atoms with Crippen LogP contribution < -0.4 is 5.73 Å². The van der Waals surface area contributed by atoms with Crippen LogP contribution >= 0.6 is 0 Å². The summed E-state index contributed by atoms with van der Waals surface area (Å²) in [4.78, 5) is 12.3. The fourth-order valence-corrected chi connectivity index (χ4v) is 1.18. The van der Waals surface area contributed by atoms with Crippen LogP contribution in [0.2, 0.25) is 0 Å². The van der Waals surface area contributed by atoms with Crippen molar-refractivity contribution in [2.75, 3.05) is 19.7 Å². The van der Waals surface area contributed by atoms with Crippen molar-refractivity contribution in [2.24, 2.45) is 5.73 Å². The number of carbonyl (C=O) groups excluding carboxylic acids is 1. The van der Waals surface area contributed by atoms with Crippen LogP contribution in [0, 0.1) is 0 Å². The van der Waals surface area contributed by atoms with Gasteiger partial charge in [0.05, 0.1) is 6.61 Å². The monoisotopic (exact) mass is 188 g/mol. The Morgan fingerprint density at radius 3 is 2.46 bits per heavy atom. The minimum Gasteiger partial charge on any atom is -0.395 e. The second-order valence-corrected chi connectivity index (χ2v) is 3.11. The molecule has 0 aromatic heterocycles. The molecule has 0 saturated carbocycles. The van der Waals surface area contributed by atoms with Crippen LogP contribution in [-0.2, 0) is 0 Å². The lowest BCUT2D eigenvalue weighted by Crippen LogP contribution is -2.38. The van der Waals surface area contributed by atoms with Crippen LogP contribution in [0.3, 0.4) is 0 Å². The smallest absolute Gasteiger partial charge is 0.314 e. The Kier molecular flexibility index (Phi) is 7.39. The molecule has 0 aromatic rings. The molecule has 0 aliphatic carbocycles. The first-order valence-corrected chi connectivity index (χ1v) is 4.87. The van der Waals surface area contributed by atoms with Gasteiger partial charge in [-0.25, -0.2) is 4.79 Å². The molecule has 2 amide bonds. The minimum absolute atomic E-state index is 0.0171. The maximum absolute atomic E-state index is 10.8. The molecule has 4 heteroatoms. The third-order valence-electron chi connectivity index (χ3n) is 1.96. The molecule has 3 N–H and O–H groups in total. The second-order valence-electron chi connectivity index (χ2n) is 3.11. The van der Waals surface area contributed by atoms with Crippen LogP contribution in [-0.4, -0.2) is 35.7 Å². The van der Waals surface area contributed by atoms with Gasteiger partial charge in [-0.1, -0.05) is 26.2 Å². The molecule has 0 saturated heterocycles. The summed E-state index contributed by atoms with van der Waals surface area (Å²) < 4.78 is 0. The molecule has 13 heavy (non-hydrogen) atoms. The lowest BCUT2D eigenvalue weighted by atomic mass is 10.2. The number of unbranched alkanes of at least 4 members (excludes halogenated alkanes) is 3. The van der Waals surface area contributed by atoms with Gasteiger partial charge in [0, 0.05) is 13.1 Å². The SMILES string of the molecule is CCCCCCN(CCO)C(N)=O. The van der Waals surface area contributed by atoms with E-state index in [1.165, 1.54) is 17.7 Å². The third kappa shape index (κ3) is 6.40. The van der Waals surface area contributed by atoms with E-state index in [-0.39, 0.29) is 6.61 Å². The van der Waals surface area contributed by atoms with E-state index < -0.39 is 6.03 Å². The Labute approximate surface area is 79.7 Å². The largest absolute Gasteiger partial charge is 0.395 e. The number of nitrogens with zero attached hydrogens (tertiary/aromatic N) is 1. The molecular weight excluding hydrogens is 168 g/mol. The molecule has 0 fully saturated rings. The first kappa shape index (κ1) is 12.2. The number of hydrogen-bond donors (Lipinski definition) is 2. The van der Waals surface area contributed by atoms with Crippen molar-refractivity contribution in [3.05, 3.63) is 0 Å². The first-order chi connectivity index (χ1) is 6.22. The highest BCUT2D eigenvalue weighted by atomic mass is 16.3. The van der Waals surface area contributed by atoms with Gasteiger partial charge in [0.2, 0.25) is 0 Å². The number of rotatable bonds is 7. The standard InChI is InChI=1S/C9H20N2O2/c1-2-3-4-5-6-11(7-8-12)9(10)13/h12H,2-8H2,1H3,(H2,10,13). The zero-order valence-corrected chi connectivity index (χ0v) is 8.33. The van der Waals surface area contributed by atoms with E-state index >= 15 is 0 Å². The van der Waals surface area contributed by atoms with Crippen molar-refractivity contribution in [3.8, 4) is 0 Å². The molecule has 0 rings (SSSR count). The van der Waals surface area contributed by atoms with Crippen molar-refractivity contribution in [1.82, 2.24) is 4.90 Å². The summed E-state index contributed by atoms with van der Waals surface area (Å²) >= 11 is 0. The van der Waals surface area contributed by atoms with Crippen molar-refractivity contribution < 1.29 is 9.90 Å². The normalized spacial score (nSPS) is 10.0. The Hall–Kier alpha value is -0.770. The Morgan fingerprint density at radius 1 is 1.31 bits per heavy atom. The molecule has 0 radical (unpaired) electrons. The van der Waals surface area contributed by atoms with Gasteiger partial charge in [-0.15, -0.1) is 0 Å². The van der Waals surface area contributed by atoms with Crippen LogP contribution in [0.4, 0.5) is 4.79 Å². The molecule has 78 valence electrons. The lowest BCUT2D eigenvalue weighted by Gasteiger charge is -2.18. The Bertz CT molecular complexity index is 140. The highest BCUT2D eigenvalue weighted by Gasteiger charge is 2.06. The molecule has 0 spiro atoms. The van der Waals surface area contributed by atoms with E-state index in [1.54, 1.807) is 0 Å². The highest BCUT2D eigenvalue weighted by molar-refractivity contribution is 5.71. The van der Waals surface area contributed by atoms with Gasteiger partial charge in [0.15, 0.2) is 0 Å². The summed E-state index contributed by atoms with van der Waals surface area (Å²) in [6.07, 6.45) is 4.45. The Morgan fingerprint density at radius 2 is 2.00 bits per heavy atom. The van der Waals surface area contributed by atoms with Crippen molar-refractivity contribution in [3.63, 3.8) is 0 Å². The van der Waals surface area contributed by atoms with Gasteiger partial charge in [-0.2, -0.15) is 0 Å². The zero-order chi connectivity index (χ0) is 10.1. The number of nitrogens with two attached hydrogens (primary N) is 1. The molecule has 4 nitrogen and oxygen atoms in total. The molecule has 0 aliphatic heterocycles. The predicted molar refractivity (Wildman–Crippen MR) is 52.4 cm³/mol. The van der Waals surface area contributed by atoms with Gasteiger partial charge in [0.1, 0.15) is 0 Å². The second kappa shape index (κ2) is 7.86. The van der Waals surface area contributed by atoms with Crippen LogP contribution in [0.5, 0.6) is 0 Å². The van der Waals surface area contributed by atoms with Crippen molar-refractivity contribution in [2.45, 2.75) is 32.6 Å². The van der Waals surface area contributed by atoms with E-state index in [0.717, 1.165) is 12.8 Å². The average molecular weight is 188 g/mol. The van der Waals surface area contributed by atoms with E-state index in [0.29, 0.717) is 13.1 Å². The number of hydrogen-bond acceptors (Lipinski definition) is 2. The van der Waals surface area contributed by atoms with E-state index in [1.807, 2.05) is 0 Å². The van der Waals surface area contributed by atoms with Crippen molar-refractivity contribution in [1.29, 1.82) is 0 Å². The van der Waals surface area contributed by atoms with E-state index in [4.69, 9.17) is 10.8 Å². The van der Waals surface area contributed by atoms with Gasteiger partial charge < -0.3 is 15.7 Å². The number of carbonyl (C=O) groups is 1. The molecule has 0 atom stereocenters. The number of aliphatic hydroxyl groups excluding tert-OH is 1. The average Bonchev–Trinajstić information content (AvgIpc) is 2.10. The summed E-state index contributed by atoms with van der Waals surface area (Å²) in [5, 5.41) is 8.64. The topological polar surface area (TPSA) is 66.6 Å². The van der Waals surface area contributed by atoms with Crippen molar-refractivity contribution >= 4 is 6.03 Å². The lowest BCUT2D eigenvalue weighted by molar-refractivity contribution is 0.184. The highest BCUT2D eigenvalue weighted by Crippen LogP contribution is 2.00. The maximum atomic E-state index is 10.8. The van der Waals surface area contributed by atoms with Gasteiger partial charge in [-0.3, -0.25) is 0 Å². The third-order valence-corrected chi connectivity index (χ3v) is 1.96. The summed E-state index contributed by atoms with van der Waals surface area (Å²) in [6, 6.07) is -0.439. The Balaban J connectivity index is 3.51. The molecule has 0 unspecified atom stereocenters. The molecule has 0 aromatic carbocycles. The van der Waals surface area contributed by atoms with Gasteiger partial charge in [-0.05, 0) is 6.42 Å². The summed E-state index contributed by atoms with van der Waals surface area (Å²) in [6.45, 7) is 3.13. The quantitative estimate of drug-likeness (QED) is 0.584. The van der Waals surface area contributed by atoms with Crippen LogP contribution in [0.25, 0.3) is 0 Å². The summed E-state index contributed by atoms with van der Waals surface area (Å²) in [5.74, 6) is 0. The molecular formula is C9H20N2O2. The van der Waals surface area contributed by atoms with E-state index in [9.17, 15) is 4.79 Å². The number of aliphatic hydroxyl groups is 1. The number of amides is 2. The van der Waals surface area contributed by atoms with Crippen LogP contribution in [0.1, 0.15) is 32.6 Å². The fraction of sp³-hybridized carbons (Fsp3) is 0.889. The maximum Gasteiger partial charge on any atom is 0.314 e. The fourth-order valence-electron chi connectivity index (χ4n) is 1.18. The molecule has 0 bridgehead atoms. The molecule has 0 heterocycles. The van der Waals surface area contributed by atoms with Crippen LogP contribution in [0.15, 0.2) is 0 Å². The molecule has 0 aliphatic rings. The summed E-state index contributed by atoms with van der Waals surface area (Å²) in [7, 11) is 0. The van der Waals surface area contributed by atoms with Gasteiger partial charge in [0.25, 0.3) is 0 Å². The predicted octanol–water partition coefficient (Wildman–Crippen LogP) is 0.940.